The van der Waals surface area contributed by atoms with Crippen molar-refractivity contribution in [3.63, 3.8) is 0 Å². The summed E-state index contributed by atoms with van der Waals surface area (Å²) < 4.78 is 14.0. The molecular formula is C23H21BrN4O3S. The van der Waals surface area contributed by atoms with Crippen LogP contribution in [0.5, 0.6) is 11.5 Å². The maximum absolute atomic E-state index is 13.1. The predicted octanol–water partition coefficient (Wildman–Crippen LogP) is 4.34. The van der Waals surface area contributed by atoms with Gasteiger partial charge in [0.1, 0.15) is 23.8 Å². The first-order valence-electron chi connectivity index (χ1n) is 9.79. The van der Waals surface area contributed by atoms with E-state index in [0.29, 0.717) is 28.9 Å². The zero-order valence-electron chi connectivity index (χ0n) is 17.8. The van der Waals surface area contributed by atoms with E-state index in [1.165, 1.54) is 4.90 Å². The SMILES string of the molecule is COc1ccc(/C=C2/NC(=S)N(c3cn(C)nc3C)C2=O)cc1COc1ccccc1Br. The minimum absolute atomic E-state index is 0.229. The van der Waals surface area contributed by atoms with Gasteiger partial charge < -0.3 is 14.8 Å². The highest BCUT2D eigenvalue weighted by Gasteiger charge is 2.33. The van der Waals surface area contributed by atoms with Crippen LogP contribution >= 0.6 is 28.1 Å². The molecule has 1 amide bonds. The van der Waals surface area contributed by atoms with Gasteiger partial charge in [0.05, 0.1) is 23.0 Å². The van der Waals surface area contributed by atoms with Crippen LogP contribution in [0.1, 0.15) is 16.8 Å². The predicted molar refractivity (Wildman–Crippen MR) is 131 cm³/mol. The highest BCUT2D eigenvalue weighted by molar-refractivity contribution is 9.10. The molecule has 9 heteroatoms. The Morgan fingerprint density at radius 3 is 2.69 bits per heavy atom. The van der Waals surface area contributed by atoms with E-state index in [0.717, 1.165) is 27.0 Å². The van der Waals surface area contributed by atoms with Crippen LogP contribution < -0.4 is 19.7 Å². The third-order valence-corrected chi connectivity index (χ3v) is 5.88. The summed E-state index contributed by atoms with van der Waals surface area (Å²) in [6.45, 7) is 2.15. The summed E-state index contributed by atoms with van der Waals surface area (Å²) in [6, 6.07) is 13.3. The fourth-order valence-corrected chi connectivity index (χ4v) is 4.14. The normalized spacial score (nSPS) is 14.8. The molecule has 0 bridgehead atoms. The number of rotatable bonds is 6. The third-order valence-electron chi connectivity index (χ3n) is 4.94. The Balaban J connectivity index is 1.59. The number of nitrogens with zero attached hydrogens (tertiary/aromatic N) is 3. The van der Waals surface area contributed by atoms with E-state index in [2.05, 4.69) is 26.3 Å². The molecule has 1 aliphatic rings. The molecule has 2 heterocycles. The highest BCUT2D eigenvalue weighted by atomic mass is 79.9. The number of hydrogen-bond acceptors (Lipinski definition) is 5. The van der Waals surface area contributed by atoms with E-state index in [1.54, 1.807) is 31.1 Å². The van der Waals surface area contributed by atoms with Crippen LogP contribution in [-0.2, 0) is 18.4 Å². The van der Waals surface area contributed by atoms with Crippen LogP contribution in [0.3, 0.4) is 0 Å². The second-order valence-corrected chi connectivity index (χ2v) is 8.43. The van der Waals surface area contributed by atoms with E-state index in [1.807, 2.05) is 49.4 Å². The Bertz CT molecular complexity index is 1240. The molecule has 164 valence electrons. The van der Waals surface area contributed by atoms with Crippen molar-refractivity contribution in [3.8, 4) is 11.5 Å². The van der Waals surface area contributed by atoms with Gasteiger partial charge in [-0.2, -0.15) is 5.10 Å². The van der Waals surface area contributed by atoms with Gasteiger partial charge in [0, 0.05) is 18.8 Å². The number of amides is 1. The van der Waals surface area contributed by atoms with Crippen molar-refractivity contribution in [1.29, 1.82) is 0 Å². The van der Waals surface area contributed by atoms with Gasteiger partial charge in [-0.3, -0.25) is 9.48 Å². The van der Waals surface area contributed by atoms with Gasteiger partial charge in [-0.05, 0) is 71.0 Å². The summed E-state index contributed by atoms with van der Waals surface area (Å²) in [6.07, 6.45) is 3.54. The number of anilines is 1. The number of methoxy groups -OCH3 is 1. The lowest BCUT2D eigenvalue weighted by molar-refractivity contribution is -0.113. The van der Waals surface area contributed by atoms with Gasteiger partial charge in [0.25, 0.3) is 5.91 Å². The van der Waals surface area contributed by atoms with E-state index >= 15 is 0 Å². The third kappa shape index (κ3) is 4.39. The molecule has 0 saturated carbocycles. The number of para-hydroxylation sites is 1. The average molecular weight is 513 g/mol. The zero-order chi connectivity index (χ0) is 22.8. The summed E-state index contributed by atoms with van der Waals surface area (Å²) in [5.41, 5.74) is 3.45. The van der Waals surface area contributed by atoms with Crippen molar-refractivity contribution in [2.24, 2.45) is 7.05 Å². The minimum Gasteiger partial charge on any atom is -0.496 e. The maximum atomic E-state index is 13.1. The fraction of sp³-hybridized carbons (Fsp3) is 0.174. The number of benzene rings is 2. The molecule has 1 fully saturated rings. The number of nitrogens with one attached hydrogen (secondary N) is 1. The number of carbonyl (C=O) groups is 1. The number of aromatic nitrogens is 2. The van der Waals surface area contributed by atoms with Crippen LogP contribution in [0.25, 0.3) is 6.08 Å². The quantitative estimate of drug-likeness (QED) is 0.391. The number of hydrogen-bond donors (Lipinski definition) is 1. The summed E-state index contributed by atoms with van der Waals surface area (Å²) >= 11 is 8.89. The molecular weight excluding hydrogens is 492 g/mol. The molecule has 7 nitrogen and oxygen atoms in total. The summed E-state index contributed by atoms with van der Waals surface area (Å²) in [7, 11) is 3.42. The Morgan fingerprint density at radius 2 is 2.00 bits per heavy atom. The molecule has 32 heavy (non-hydrogen) atoms. The lowest BCUT2D eigenvalue weighted by Crippen LogP contribution is -2.30. The maximum Gasteiger partial charge on any atom is 0.281 e. The first kappa shape index (κ1) is 22.0. The van der Waals surface area contributed by atoms with Crippen molar-refractivity contribution < 1.29 is 14.3 Å². The van der Waals surface area contributed by atoms with Gasteiger partial charge in [0.15, 0.2) is 5.11 Å². The molecule has 0 unspecified atom stereocenters. The Labute approximate surface area is 199 Å². The van der Waals surface area contributed by atoms with Gasteiger partial charge >= 0.3 is 0 Å². The van der Waals surface area contributed by atoms with Gasteiger partial charge in [0.2, 0.25) is 0 Å². The van der Waals surface area contributed by atoms with Crippen LogP contribution in [0, 0.1) is 6.92 Å². The standard InChI is InChI=1S/C23H21BrN4O3S/c1-14-19(12-27(2)26-14)28-22(29)18(25-23(28)32)11-15-8-9-20(30-3)16(10-15)13-31-21-7-5-4-6-17(21)24/h4-12H,13H2,1-3H3,(H,25,32)/b18-11+. The van der Waals surface area contributed by atoms with E-state index in [-0.39, 0.29) is 5.91 Å². The second-order valence-electron chi connectivity index (χ2n) is 7.19. The molecule has 4 rings (SSSR count). The molecule has 0 radical (unpaired) electrons. The Kier molecular flexibility index (Phi) is 6.29. The minimum atomic E-state index is -0.229. The molecule has 1 aromatic heterocycles. The van der Waals surface area contributed by atoms with Crippen molar-refractivity contribution in [1.82, 2.24) is 15.1 Å². The molecule has 1 N–H and O–H groups in total. The first-order chi connectivity index (χ1) is 15.4. The van der Waals surface area contributed by atoms with E-state index in [9.17, 15) is 4.79 Å². The van der Waals surface area contributed by atoms with Crippen LogP contribution in [-0.4, -0.2) is 27.9 Å². The van der Waals surface area contributed by atoms with Crippen molar-refractivity contribution in [3.05, 3.63) is 75.7 Å². The van der Waals surface area contributed by atoms with Crippen LogP contribution in [0.4, 0.5) is 5.69 Å². The zero-order valence-corrected chi connectivity index (χ0v) is 20.2. The summed E-state index contributed by atoms with van der Waals surface area (Å²) in [5, 5.41) is 7.64. The molecule has 3 aromatic rings. The number of ether oxygens (including phenoxy) is 2. The topological polar surface area (TPSA) is 68.6 Å². The van der Waals surface area contributed by atoms with Crippen LogP contribution in [0.15, 0.2) is 58.8 Å². The summed E-state index contributed by atoms with van der Waals surface area (Å²) in [5.74, 6) is 1.21. The molecule has 2 aromatic carbocycles. The smallest absolute Gasteiger partial charge is 0.281 e. The van der Waals surface area contributed by atoms with Crippen molar-refractivity contribution >= 4 is 50.9 Å². The average Bonchev–Trinajstić information content (AvgIpc) is 3.23. The Morgan fingerprint density at radius 1 is 1.22 bits per heavy atom. The highest BCUT2D eigenvalue weighted by Crippen LogP contribution is 2.29. The van der Waals surface area contributed by atoms with Gasteiger partial charge in [-0.25, -0.2) is 4.90 Å². The fourth-order valence-electron chi connectivity index (χ4n) is 3.45. The van der Waals surface area contributed by atoms with E-state index in [4.69, 9.17) is 21.7 Å². The Hall–Kier alpha value is -3.17. The number of halogens is 1. The molecule has 1 aliphatic heterocycles. The van der Waals surface area contributed by atoms with Gasteiger partial charge in [-0.1, -0.05) is 18.2 Å². The van der Waals surface area contributed by atoms with Crippen LogP contribution in [0.2, 0.25) is 0 Å². The second kappa shape index (κ2) is 9.13. The summed E-state index contributed by atoms with van der Waals surface area (Å²) in [4.78, 5) is 14.5. The largest absolute Gasteiger partial charge is 0.496 e. The van der Waals surface area contributed by atoms with Crippen molar-refractivity contribution in [2.45, 2.75) is 13.5 Å². The molecule has 0 spiro atoms. The number of aryl methyl sites for hydroxylation is 2. The number of carbonyl (C=O) groups excluding carboxylic acids is 1. The molecule has 0 aliphatic carbocycles. The monoisotopic (exact) mass is 512 g/mol. The number of thiocarbonyl (C=S) groups is 1. The molecule has 0 atom stereocenters. The van der Waals surface area contributed by atoms with E-state index < -0.39 is 0 Å². The molecule has 1 saturated heterocycles. The van der Waals surface area contributed by atoms with Gasteiger partial charge in [-0.15, -0.1) is 0 Å². The van der Waals surface area contributed by atoms with Crippen molar-refractivity contribution in [2.75, 3.05) is 12.0 Å². The lowest BCUT2D eigenvalue weighted by Gasteiger charge is -2.12. The first-order valence-corrected chi connectivity index (χ1v) is 11.0. The lowest BCUT2D eigenvalue weighted by atomic mass is 10.1.